The Morgan fingerprint density at radius 1 is 1.05 bits per heavy atom. The Hall–Kier alpha value is -1.98. The van der Waals surface area contributed by atoms with Gasteiger partial charge in [0.15, 0.2) is 17.5 Å². The summed E-state index contributed by atoms with van der Waals surface area (Å²) in [5, 5.41) is 2.87. The predicted octanol–water partition coefficient (Wildman–Crippen LogP) is 5.06. The van der Waals surface area contributed by atoms with Crippen LogP contribution in [0.5, 0.6) is 0 Å². The van der Waals surface area contributed by atoms with Crippen molar-refractivity contribution in [2.45, 2.75) is 0 Å². The summed E-state index contributed by atoms with van der Waals surface area (Å²) in [7, 11) is 0. The van der Waals surface area contributed by atoms with Crippen molar-refractivity contribution in [3.63, 3.8) is 0 Å². The van der Waals surface area contributed by atoms with Crippen molar-refractivity contribution in [3.8, 4) is 0 Å². The Morgan fingerprint density at radius 3 is 2.45 bits per heavy atom. The van der Waals surface area contributed by atoms with E-state index in [4.69, 9.17) is 23.2 Å². The van der Waals surface area contributed by atoms with E-state index in [0.29, 0.717) is 21.7 Å². The molecule has 22 heavy (non-hydrogen) atoms. The van der Waals surface area contributed by atoms with E-state index in [9.17, 15) is 18.0 Å². The fourth-order valence-electron chi connectivity index (χ4n) is 1.60. The maximum atomic E-state index is 13.4. The van der Waals surface area contributed by atoms with Crippen LogP contribution in [-0.2, 0) is 4.79 Å². The van der Waals surface area contributed by atoms with Crippen molar-refractivity contribution in [2.75, 3.05) is 5.32 Å². The molecule has 114 valence electrons. The lowest BCUT2D eigenvalue weighted by Gasteiger charge is -2.05. The molecule has 0 saturated heterocycles. The van der Waals surface area contributed by atoms with E-state index in [1.165, 1.54) is 12.1 Å². The summed E-state index contributed by atoms with van der Waals surface area (Å²) in [6, 6.07) is 6.31. The van der Waals surface area contributed by atoms with Crippen molar-refractivity contribution in [2.24, 2.45) is 0 Å². The normalized spacial score (nSPS) is 11.0. The predicted molar refractivity (Wildman–Crippen MR) is 80.4 cm³/mol. The Labute approximate surface area is 134 Å². The summed E-state index contributed by atoms with van der Waals surface area (Å²) in [5.41, 5.74) is 0.0581. The van der Waals surface area contributed by atoms with E-state index in [-0.39, 0.29) is 0 Å². The fraction of sp³-hybridized carbons (Fsp3) is 0. The quantitative estimate of drug-likeness (QED) is 0.611. The van der Waals surface area contributed by atoms with Crippen LogP contribution in [0.1, 0.15) is 5.56 Å². The first-order valence-electron chi connectivity index (χ1n) is 5.96. The number of halogens is 5. The number of hydrogen-bond donors (Lipinski definition) is 1. The Balaban J connectivity index is 2.13. The molecular formula is C15H8Cl2F3NO. The van der Waals surface area contributed by atoms with Crippen molar-refractivity contribution in [1.29, 1.82) is 0 Å². The minimum Gasteiger partial charge on any atom is -0.320 e. The molecule has 0 aliphatic rings. The third-order valence-electron chi connectivity index (χ3n) is 2.67. The molecule has 2 aromatic rings. The fourth-order valence-corrected chi connectivity index (χ4v) is 2.07. The number of nitrogens with one attached hydrogen (secondary N) is 1. The lowest BCUT2D eigenvalue weighted by atomic mass is 10.2. The van der Waals surface area contributed by atoms with E-state index in [1.807, 2.05) is 0 Å². The van der Waals surface area contributed by atoms with Gasteiger partial charge in [-0.15, -0.1) is 0 Å². The average molecular weight is 346 g/mol. The minimum absolute atomic E-state index is 0.329. The van der Waals surface area contributed by atoms with Gasteiger partial charge in [0, 0.05) is 16.1 Å². The molecule has 1 N–H and O–H groups in total. The molecule has 0 spiro atoms. The highest BCUT2D eigenvalue weighted by atomic mass is 35.5. The topological polar surface area (TPSA) is 29.1 Å². The number of carbonyl (C=O) groups is 1. The standard InChI is InChI=1S/C15H8Cl2F3NO/c16-9-3-1-8(10(17)7-9)2-6-13(22)21-12-5-4-11(18)14(19)15(12)20/h1-7H,(H,21,22)/b6-2+. The number of benzene rings is 2. The first-order chi connectivity index (χ1) is 10.4. The molecule has 0 bridgehead atoms. The van der Waals surface area contributed by atoms with Crippen molar-refractivity contribution >= 4 is 40.9 Å². The number of carbonyl (C=O) groups excluding carboxylic acids is 1. The zero-order valence-electron chi connectivity index (χ0n) is 10.8. The highest BCUT2D eigenvalue weighted by Gasteiger charge is 2.14. The van der Waals surface area contributed by atoms with Crippen LogP contribution in [0.15, 0.2) is 36.4 Å². The number of hydrogen-bond acceptors (Lipinski definition) is 1. The van der Waals surface area contributed by atoms with Gasteiger partial charge in [0.05, 0.1) is 5.69 Å². The molecule has 0 aliphatic carbocycles. The van der Waals surface area contributed by atoms with E-state index >= 15 is 0 Å². The largest absolute Gasteiger partial charge is 0.320 e. The molecule has 0 fully saturated rings. The van der Waals surface area contributed by atoms with Crippen LogP contribution >= 0.6 is 23.2 Å². The number of amides is 1. The third kappa shape index (κ3) is 3.81. The number of rotatable bonds is 3. The van der Waals surface area contributed by atoms with Gasteiger partial charge in [-0.1, -0.05) is 29.3 Å². The zero-order chi connectivity index (χ0) is 16.3. The van der Waals surface area contributed by atoms with Gasteiger partial charge in [-0.25, -0.2) is 13.2 Å². The second-order valence-corrected chi connectivity index (χ2v) is 5.05. The van der Waals surface area contributed by atoms with Crippen LogP contribution in [0.25, 0.3) is 6.08 Å². The van der Waals surface area contributed by atoms with E-state index in [2.05, 4.69) is 5.32 Å². The van der Waals surface area contributed by atoms with Gasteiger partial charge < -0.3 is 5.32 Å². The lowest BCUT2D eigenvalue weighted by molar-refractivity contribution is -0.111. The highest BCUT2D eigenvalue weighted by molar-refractivity contribution is 6.35. The molecule has 2 nitrogen and oxygen atoms in total. The summed E-state index contributed by atoms with van der Waals surface area (Å²) < 4.78 is 39.2. The SMILES string of the molecule is O=C(/C=C/c1ccc(Cl)cc1Cl)Nc1ccc(F)c(F)c1F. The highest BCUT2D eigenvalue weighted by Crippen LogP contribution is 2.22. The van der Waals surface area contributed by atoms with Crippen LogP contribution < -0.4 is 5.32 Å². The van der Waals surface area contributed by atoms with Crippen LogP contribution in [0.3, 0.4) is 0 Å². The van der Waals surface area contributed by atoms with E-state index < -0.39 is 29.0 Å². The molecule has 0 aromatic heterocycles. The van der Waals surface area contributed by atoms with Crippen LogP contribution in [-0.4, -0.2) is 5.91 Å². The lowest BCUT2D eigenvalue weighted by Crippen LogP contribution is -2.10. The smallest absolute Gasteiger partial charge is 0.248 e. The molecule has 0 heterocycles. The summed E-state index contributed by atoms with van der Waals surface area (Å²) in [6.45, 7) is 0. The average Bonchev–Trinajstić information content (AvgIpc) is 2.47. The van der Waals surface area contributed by atoms with Crippen molar-refractivity contribution in [3.05, 3.63) is 69.5 Å². The molecule has 0 saturated carbocycles. The molecule has 2 rings (SSSR count). The maximum Gasteiger partial charge on any atom is 0.248 e. The van der Waals surface area contributed by atoms with Crippen LogP contribution in [0.2, 0.25) is 10.0 Å². The van der Waals surface area contributed by atoms with Crippen LogP contribution in [0.4, 0.5) is 18.9 Å². The molecular weight excluding hydrogens is 338 g/mol. The first-order valence-corrected chi connectivity index (χ1v) is 6.71. The van der Waals surface area contributed by atoms with Crippen molar-refractivity contribution < 1.29 is 18.0 Å². The van der Waals surface area contributed by atoms with Gasteiger partial charge in [-0.2, -0.15) is 0 Å². The summed E-state index contributed by atoms with van der Waals surface area (Å²) >= 11 is 11.7. The summed E-state index contributed by atoms with van der Waals surface area (Å²) in [4.78, 5) is 11.7. The van der Waals surface area contributed by atoms with E-state index in [0.717, 1.165) is 12.1 Å². The maximum absolute atomic E-state index is 13.4. The zero-order valence-corrected chi connectivity index (χ0v) is 12.4. The Bertz CT molecular complexity index is 763. The molecule has 0 unspecified atom stereocenters. The minimum atomic E-state index is -1.65. The molecule has 0 atom stereocenters. The van der Waals surface area contributed by atoms with Gasteiger partial charge >= 0.3 is 0 Å². The molecule has 1 amide bonds. The van der Waals surface area contributed by atoms with Gasteiger partial charge in [0.1, 0.15) is 0 Å². The van der Waals surface area contributed by atoms with E-state index in [1.54, 1.807) is 12.1 Å². The van der Waals surface area contributed by atoms with Crippen LogP contribution in [0, 0.1) is 17.5 Å². The van der Waals surface area contributed by atoms with Gasteiger partial charge in [-0.3, -0.25) is 4.79 Å². The molecule has 7 heteroatoms. The Kier molecular flexibility index (Phi) is 5.11. The monoisotopic (exact) mass is 345 g/mol. The first kappa shape index (κ1) is 16.4. The van der Waals surface area contributed by atoms with Crippen molar-refractivity contribution in [1.82, 2.24) is 0 Å². The number of anilines is 1. The van der Waals surface area contributed by atoms with Gasteiger partial charge in [0.25, 0.3) is 0 Å². The second kappa shape index (κ2) is 6.85. The Morgan fingerprint density at radius 2 is 1.77 bits per heavy atom. The summed E-state index contributed by atoms with van der Waals surface area (Å²) in [6.07, 6.45) is 2.46. The molecule has 0 radical (unpaired) electrons. The second-order valence-electron chi connectivity index (χ2n) is 4.21. The van der Waals surface area contributed by atoms with Gasteiger partial charge in [0.2, 0.25) is 5.91 Å². The van der Waals surface area contributed by atoms with Gasteiger partial charge in [-0.05, 0) is 35.9 Å². The molecule has 0 aliphatic heterocycles. The third-order valence-corrected chi connectivity index (χ3v) is 3.23. The summed E-state index contributed by atoms with van der Waals surface area (Å²) in [5.74, 6) is -5.18. The molecule has 2 aromatic carbocycles.